The summed E-state index contributed by atoms with van der Waals surface area (Å²) < 4.78 is 12.4. The first-order chi connectivity index (χ1) is 11.4. The number of aromatic nitrogens is 5. The second-order valence-corrected chi connectivity index (χ2v) is 6.54. The summed E-state index contributed by atoms with van der Waals surface area (Å²) >= 11 is 3.13. The molecule has 0 saturated heterocycles. The third-order valence-corrected chi connectivity index (χ3v) is 4.93. The molecule has 0 radical (unpaired) electrons. The quantitative estimate of drug-likeness (QED) is 0.496. The average molecular weight is 345 g/mol. The molecule has 0 bridgehead atoms. The highest BCUT2D eigenvalue weighted by Gasteiger charge is 2.12. The van der Waals surface area contributed by atoms with Crippen molar-refractivity contribution in [2.75, 3.05) is 0 Å². The zero-order valence-corrected chi connectivity index (χ0v) is 13.5. The van der Waals surface area contributed by atoms with Gasteiger partial charge in [0.25, 0.3) is 0 Å². The summed E-state index contributed by atoms with van der Waals surface area (Å²) in [5.41, 5.74) is 0.853. The van der Waals surface area contributed by atoms with Crippen molar-refractivity contribution in [1.82, 2.24) is 25.4 Å². The minimum Gasteiger partial charge on any atom is -0.467 e. The van der Waals surface area contributed by atoms with Gasteiger partial charge in [0.2, 0.25) is 5.16 Å². The van der Waals surface area contributed by atoms with Crippen LogP contribution < -0.4 is 0 Å². The second-order valence-electron chi connectivity index (χ2n) is 4.65. The molecule has 0 aliphatic carbocycles. The minimum atomic E-state index is 0.502. The van der Waals surface area contributed by atoms with Crippen LogP contribution in [0.3, 0.4) is 0 Å². The number of rotatable bonds is 6. The fraction of sp³-hybridized carbons (Fsp3) is 0.143. The van der Waals surface area contributed by atoms with Gasteiger partial charge in [0.15, 0.2) is 5.76 Å². The van der Waals surface area contributed by atoms with Crippen molar-refractivity contribution in [1.29, 1.82) is 0 Å². The van der Waals surface area contributed by atoms with Gasteiger partial charge in [0.05, 0.1) is 16.8 Å². The van der Waals surface area contributed by atoms with Crippen molar-refractivity contribution in [2.45, 2.75) is 17.5 Å². The molecule has 0 unspecified atom stereocenters. The fourth-order valence-corrected chi connectivity index (χ4v) is 3.43. The number of nitrogens with zero attached hydrogens (tertiary/aromatic N) is 5. The first-order valence-corrected chi connectivity index (χ1v) is 8.66. The monoisotopic (exact) mass is 345 g/mol. The lowest BCUT2D eigenvalue weighted by atomic mass is 10.3. The summed E-state index contributed by atoms with van der Waals surface area (Å²) in [6.45, 7) is 0.502. The van der Waals surface area contributed by atoms with Crippen LogP contribution >= 0.6 is 23.1 Å². The van der Waals surface area contributed by atoms with Gasteiger partial charge in [-0.1, -0.05) is 23.0 Å². The third-order valence-electron chi connectivity index (χ3n) is 3.06. The van der Waals surface area contributed by atoms with E-state index in [4.69, 9.17) is 8.94 Å². The molecule has 0 atom stereocenters. The van der Waals surface area contributed by atoms with Crippen LogP contribution in [0.1, 0.15) is 11.5 Å². The van der Waals surface area contributed by atoms with Gasteiger partial charge in [-0.3, -0.25) is 0 Å². The average Bonchev–Trinajstić information content (AvgIpc) is 3.34. The molecule has 4 heterocycles. The van der Waals surface area contributed by atoms with E-state index in [1.54, 1.807) is 22.3 Å². The van der Waals surface area contributed by atoms with Gasteiger partial charge in [-0.15, -0.1) is 16.4 Å². The van der Waals surface area contributed by atoms with E-state index in [1.165, 1.54) is 11.8 Å². The highest BCUT2D eigenvalue weighted by Crippen LogP contribution is 2.27. The van der Waals surface area contributed by atoms with Crippen LogP contribution in [0.2, 0.25) is 0 Å². The summed E-state index contributed by atoms with van der Waals surface area (Å²) in [7, 11) is 0. The number of hydrogen-bond acceptors (Lipinski definition) is 8. The van der Waals surface area contributed by atoms with Crippen LogP contribution in [-0.2, 0) is 12.3 Å². The zero-order valence-electron chi connectivity index (χ0n) is 11.8. The molecule has 0 spiro atoms. The van der Waals surface area contributed by atoms with Crippen molar-refractivity contribution in [3.05, 3.63) is 53.4 Å². The Balaban J connectivity index is 1.43. The summed E-state index contributed by atoms with van der Waals surface area (Å²) in [6.07, 6.45) is 1.63. The van der Waals surface area contributed by atoms with E-state index < -0.39 is 0 Å². The largest absolute Gasteiger partial charge is 0.467 e. The minimum absolute atomic E-state index is 0.502. The predicted octanol–water partition coefficient (Wildman–Crippen LogP) is 3.32. The van der Waals surface area contributed by atoms with Gasteiger partial charge in [-0.05, 0) is 34.0 Å². The van der Waals surface area contributed by atoms with E-state index in [2.05, 4.69) is 20.7 Å². The molecule has 0 N–H and O–H groups in total. The highest BCUT2D eigenvalue weighted by atomic mass is 32.2. The van der Waals surface area contributed by atoms with Crippen molar-refractivity contribution in [2.24, 2.45) is 0 Å². The molecule has 116 valence electrons. The third kappa shape index (κ3) is 3.20. The maximum absolute atomic E-state index is 5.37. The summed E-state index contributed by atoms with van der Waals surface area (Å²) in [6, 6.07) is 9.67. The summed E-state index contributed by atoms with van der Waals surface area (Å²) in [5, 5.41) is 18.5. The Morgan fingerprint density at radius 1 is 1.26 bits per heavy atom. The Morgan fingerprint density at radius 2 is 2.26 bits per heavy atom. The fourth-order valence-electron chi connectivity index (χ4n) is 2.00. The lowest BCUT2D eigenvalue weighted by molar-refractivity contribution is 0.427. The zero-order chi connectivity index (χ0) is 15.5. The van der Waals surface area contributed by atoms with Crippen molar-refractivity contribution in [3.63, 3.8) is 0 Å². The van der Waals surface area contributed by atoms with E-state index >= 15 is 0 Å². The predicted molar refractivity (Wildman–Crippen MR) is 85.0 cm³/mol. The Hall–Kier alpha value is -2.39. The maximum atomic E-state index is 5.37. The SMILES string of the molecule is c1coc(Cn2nnnc2SCc2cc(-c3cccs3)on2)c1. The van der Waals surface area contributed by atoms with Crippen LogP contribution in [-0.4, -0.2) is 25.4 Å². The van der Waals surface area contributed by atoms with Gasteiger partial charge in [0, 0.05) is 11.8 Å². The molecule has 4 aromatic rings. The molecule has 4 rings (SSSR count). The van der Waals surface area contributed by atoms with E-state index in [9.17, 15) is 0 Å². The highest BCUT2D eigenvalue weighted by molar-refractivity contribution is 7.98. The molecule has 0 amide bonds. The lowest BCUT2D eigenvalue weighted by Gasteiger charge is -2.00. The normalized spacial score (nSPS) is 11.1. The van der Waals surface area contributed by atoms with E-state index in [1.807, 2.05) is 35.7 Å². The molecule has 9 heteroatoms. The lowest BCUT2D eigenvalue weighted by Crippen LogP contribution is -2.03. The number of thiophene rings is 1. The molecule has 0 saturated carbocycles. The molecular formula is C14H11N5O2S2. The van der Waals surface area contributed by atoms with Gasteiger partial charge in [-0.2, -0.15) is 0 Å². The first-order valence-electron chi connectivity index (χ1n) is 6.79. The van der Waals surface area contributed by atoms with Crippen molar-refractivity contribution in [3.8, 4) is 10.6 Å². The molecule has 0 aliphatic heterocycles. The maximum Gasteiger partial charge on any atom is 0.210 e. The number of furan rings is 1. The number of thioether (sulfide) groups is 1. The topological polar surface area (TPSA) is 82.8 Å². The second kappa shape index (κ2) is 6.39. The van der Waals surface area contributed by atoms with Crippen LogP contribution in [0.5, 0.6) is 0 Å². The molecular weight excluding hydrogens is 334 g/mol. The Bertz CT molecular complexity index is 867. The first kappa shape index (κ1) is 14.2. The Morgan fingerprint density at radius 3 is 3.09 bits per heavy atom. The molecule has 0 aromatic carbocycles. The van der Waals surface area contributed by atoms with Crippen LogP contribution in [0, 0.1) is 0 Å². The van der Waals surface area contributed by atoms with Crippen LogP contribution in [0.4, 0.5) is 0 Å². The molecule has 23 heavy (non-hydrogen) atoms. The molecule has 0 aliphatic rings. The van der Waals surface area contributed by atoms with E-state index in [-0.39, 0.29) is 0 Å². The van der Waals surface area contributed by atoms with E-state index in [0.29, 0.717) is 17.5 Å². The van der Waals surface area contributed by atoms with Crippen LogP contribution in [0.15, 0.2) is 56.1 Å². The smallest absolute Gasteiger partial charge is 0.210 e. The Kier molecular flexibility index (Phi) is 3.95. The van der Waals surface area contributed by atoms with Crippen molar-refractivity contribution >= 4 is 23.1 Å². The van der Waals surface area contributed by atoms with Crippen LogP contribution in [0.25, 0.3) is 10.6 Å². The van der Waals surface area contributed by atoms with Gasteiger partial charge < -0.3 is 8.94 Å². The van der Waals surface area contributed by atoms with Gasteiger partial charge >= 0.3 is 0 Å². The summed E-state index contributed by atoms with van der Waals surface area (Å²) in [4.78, 5) is 1.07. The van der Waals surface area contributed by atoms with Gasteiger partial charge in [0.1, 0.15) is 12.3 Å². The summed E-state index contributed by atoms with van der Waals surface area (Å²) in [5.74, 6) is 2.22. The molecule has 7 nitrogen and oxygen atoms in total. The standard InChI is InChI=1S/C14H11N5O2S2/c1-3-11(20-5-1)8-19-14(15-17-18-19)23-9-10-7-12(21-16-10)13-4-2-6-22-13/h1-7H,8-9H2. The van der Waals surface area contributed by atoms with Gasteiger partial charge in [-0.25, -0.2) is 4.68 Å². The Labute approximate surface area is 139 Å². The molecule has 4 aromatic heterocycles. The van der Waals surface area contributed by atoms with Crippen molar-refractivity contribution < 1.29 is 8.94 Å². The van der Waals surface area contributed by atoms with E-state index in [0.717, 1.165) is 22.1 Å². The number of tetrazole rings is 1. The molecule has 0 fully saturated rings. The number of hydrogen-bond donors (Lipinski definition) is 0.